The zero-order valence-electron chi connectivity index (χ0n) is 13.4. The SMILES string of the molecule is Cc1cscc1C(=O)N(C)C[C@@H]1CCc2nc(C(F)(F)F)cn2C1. The minimum atomic E-state index is -4.41. The number of carbonyl (C=O) groups excluding carboxylic acids is 1. The second kappa shape index (κ2) is 6.23. The van der Waals surface area contributed by atoms with E-state index >= 15 is 0 Å². The van der Waals surface area contributed by atoms with E-state index in [1.54, 1.807) is 16.5 Å². The number of alkyl halides is 3. The molecule has 3 heterocycles. The van der Waals surface area contributed by atoms with Crippen LogP contribution in [0.5, 0.6) is 0 Å². The Morgan fingerprint density at radius 1 is 1.46 bits per heavy atom. The van der Waals surface area contributed by atoms with Crippen LogP contribution in [0.2, 0.25) is 0 Å². The van der Waals surface area contributed by atoms with Gasteiger partial charge in [-0.25, -0.2) is 4.98 Å². The molecule has 0 unspecified atom stereocenters. The number of carbonyl (C=O) groups is 1. The van der Waals surface area contributed by atoms with E-state index in [9.17, 15) is 18.0 Å². The topological polar surface area (TPSA) is 38.1 Å². The van der Waals surface area contributed by atoms with E-state index in [0.29, 0.717) is 30.9 Å². The third kappa shape index (κ3) is 3.33. The molecule has 1 aliphatic rings. The van der Waals surface area contributed by atoms with Crippen molar-refractivity contribution in [1.82, 2.24) is 14.5 Å². The maximum absolute atomic E-state index is 12.8. The van der Waals surface area contributed by atoms with E-state index in [4.69, 9.17) is 0 Å². The summed E-state index contributed by atoms with van der Waals surface area (Å²) in [6.45, 7) is 2.88. The first-order chi connectivity index (χ1) is 11.3. The summed E-state index contributed by atoms with van der Waals surface area (Å²) in [7, 11) is 1.74. The average molecular weight is 357 g/mol. The monoisotopic (exact) mass is 357 g/mol. The third-order valence-corrected chi connectivity index (χ3v) is 5.21. The highest BCUT2D eigenvalue weighted by Gasteiger charge is 2.36. The summed E-state index contributed by atoms with van der Waals surface area (Å²) >= 11 is 1.49. The van der Waals surface area contributed by atoms with Crippen LogP contribution in [0.4, 0.5) is 13.2 Å². The Kier molecular flexibility index (Phi) is 4.42. The molecule has 1 aliphatic heterocycles. The van der Waals surface area contributed by atoms with Crippen molar-refractivity contribution in [1.29, 1.82) is 0 Å². The molecule has 2 aromatic heterocycles. The van der Waals surface area contributed by atoms with Crippen LogP contribution in [0.25, 0.3) is 0 Å². The molecule has 8 heteroatoms. The molecule has 2 aromatic rings. The number of hydrogen-bond donors (Lipinski definition) is 0. The summed E-state index contributed by atoms with van der Waals surface area (Å²) in [5.74, 6) is 0.558. The van der Waals surface area contributed by atoms with E-state index in [1.807, 2.05) is 17.7 Å². The molecule has 0 bridgehead atoms. The summed E-state index contributed by atoms with van der Waals surface area (Å²) in [5.41, 5.74) is 0.810. The zero-order chi connectivity index (χ0) is 17.5. The molecule has 0 aliphatic carbocycles. The Morgan fingerprint density at radius 3 is 2.83 bits per heavy atom. The van der Waals surface area contributed by atoms with Crippen LogP contribution in [0.3, 0.4) is 0 Å². The first kappa shape index (κ1) is 17.0. The Labute approximate surface area is 141 Å². The van der Waals surface area contributed by atoms with Gasteiger partial charge in [-0.15, -0.1) is 0 Å². The Bertz CT molecular complexity index is 750. The molecule has 0 radical (unpaired) electrons. The molecular weight excluding hydrogens is 339 g/mol. The van der Waals surface area contributed by atoms with Gasteiger partial charge in [0.15, 0.2) is 5.69 Å². The van der Waals surface area contributed by atoms with Crippen molar-refractivity contribution in [3.63, 3.8) is 0 Å². The number of fused-ring (bicyclic) bond motifs is 1. The molecule has 1 amide bonds. The third-order valence-electron chi connectivity index (χ3n) is 4.35. The highest BCUT2D eigenvalue weighted by atomic mass is 32.1. The van der Waals surface area contributed by atoms with Crippen molar-refractivity contribution >= 4 is 17.2 Å². The van der Waals surface area contributed by atoms with Gasteiger partial charge in [-0.3, -0.25) is 4.79 Å². The number of thiophene rings is 1. The first-order valence-electron chi connectivity index (χ1n) is 7.67. The molecule has 130 valence electrons. The van der Waals surface area contributed by atoms with Gasteiger partial charge >= 0.3 is 6.18 Å². The van der Waals surface area contributed by atoms with Crippen LogP contribution in [0.1, 0.15) is 33.9 Å². The van der Waals surface area contributed by atoms with Gasteiger partial charge in [-0.1, -0.05) is 0 Å². The Morgan fingerprint density at radius 2 is 2.21 bits per heavy atom. The largest absolute Gasteiger partial charge is 0.434 e. The number of hydrogen-bond acceptors (Lipinski definition) is 3. The molecule has 0 aromatic carbocycles. The summed E-state index contributed by atoms with van der Waals surface area (Å²) in [4.78, 5) is 17.8. The van der Waals surface area contributed by atoms with E-state index < -0.39 is 11.9 Å². The first-order valence-corrected chi connectivity index (χ1v) is 8.61. The maximum Gasteiger partial charge on any atom is 0.434 e. The minimum Gasteiger partial charge on any atom is -0.341 e. The predicted octanol–water partition coefficient (Wildman–Crippen LogP) is 3.61. The number of rotatable bonds is 3. The number of imidazole rings is 1. The van der Waals surface area contributed by atoms with Gasteiger partial charge in [0, 0.05) is 38.1 Å². The van der Waals surface area contributed by atoms with Crippen LogP contribution < -0.4 is 0 Å². The summed E-state index contributed by atoms with van der Waals surface area (Å²) in [5, 5.41) is 3.76. The number of amides is 1. The number of nitrogens with zero attached hydrogens (tertiary/aromatic N) is 3. The van der Waals surface area contributed by atoms with Crippen molar-refractivity contribution in [2.45, 2.75) is 32.5 Å². The van der Waals surface area contributed by atoms with Gasteiger partial charge in [0.25, 0.3) is 5.91 Å². The quantitative estimate of drug-likeness (QED) is 0.842. The van der Waals surface area contributed by atoms with E-state index in [2.05, 4.69) is 4.98 Å². The normalized spacial score (nSPS) is 17.6. The number of halogens is 3. The van der Waals surface area contributed by atoms with Crippen LogP contribution in [-0.4, -0.2) is 34.0 Å². The van der Waals surface area contributed by atoms with Gasteiger partial charge in [0.2, 0.25) is 0 Å². The molecule has 0 spiro atoms. The van der Waals surface area contributed by atoms with Gasteiger partial charge in [0.1, 0.15) is 5.82 Å². The van der Waals surface area contributed by atoms with Crippen molar-refractivity contribution in [2.75, 3.05) is 13.6 Å². The zero-order valence-corrected chi connectivity index (χ0v) is 14.2. The second-order valence-corrected chi connectivity index (χ2v) is 6.99. The molecule has 0 saturated carbocycles. The molecule has 3 rings (SSSR count). The van der Waals surface area contributed by atoms with Crippen molar-refractivity contribution in [2.24, 2.45) is 5.92 Å². The minimum absolute atomic E-state index is 0.0406. The van der Waals surface area contributed by atoms with Crippen molar-refractivity contribution in [3.8, 4) is 0 Å². The fourth-order valence-electron chi connectivity index (χ4n) is 3.06. The standard InChI is InChI=1S/C16H18F3N3OS/c1-10-8-24-9-12(10)15(23)21(2)5-11-3-4-14-20-13(16(17,18)19)7-22(14)6-11/h7-9,11H,3-6H2,1-2H3/t11-/m0/s1. The van der Waals surface area contributed by atoms with Gasteiger partial charge in [-0.2, -0.15) is 24.5 Å². The number of aryl methyl sites for hydroxylation is 2. The fourth-order valence-corrected chi connectivity index (χ4v) is 3.88. The van der Waals surface area contributed by atoms with Crippen LogP contribution >= 0.6 is 11.3 Å². The van der Waals surface area contributed by atoms with Gasteiger partial charge < -0.3 is 9.47 Å². The highest BCUT2D eigenvalue weighted by Crippen LogP contribution is 2.31. The maximum atomic E-state index is 12.8. The van der Waals surface area contributed by atoms with Crippen LogP contribution in [-0.2, 0) is 19.1 Å². The van der Waals surface area contributed by atoms with Gasteiger partial charge in [0.05, 0.1) is 5.56 Å². The second-order valence-electron chi connectivity index (χ2n) is 6.25. The van der Waals surface area contributed by atoms with Gasteiger partial charge in [-0.05, 0) is 30.2 Å². The molecule has 24 heavy (non-hydrogen) atoms. The average Bonchev–Trinajstić information content (AvgIpc) is 3.11. The van der Waals surface area contributed by atoms with Crippen molar-refractivity contribution in [3.05, 3.63) is 39.6 Å². The summed E-state index contributed by atoms with van der Waals surface area (Å²) < 4.78 is 39.8. The van der Waals surface area contributed by atoms with Crippen LogP contribution in [0, 0.1) is 12.8 Å². The Hall–Kier alpha value is -1.83. The smallest absolute Gasteiger partial charge is 0.341 e. The molecule has 0 N–H and O–H groups in total. The lowest BCUT2D eigenvalue weighted by molar-refractivity contribution is -0.141. The molecule has 0 saturated heterocycles. The molecule has 0 fully saturated rings. The lowest BCUT2D eigenvalue weighted by Gasteiger charge is -2.28. The molecular formula is C16H18F3N3OS. The lowest BCUT2D eigenvalue weighted by atomic mass is 9.98. The predicted molar refractivity (Wildman–Crippen MR) is 85.1 cm³/mol. The lowest BCUT2D eigenvalue weighted by Crippen LogP contribution is -2.35. The Balaban J connectivity index is 1.66. The highest BCUT2D eigenvalue weighted by molar-refractivity contribution is 7.08. The molecule has 4 nitrogen and oxygen atoms in total. The molecule has 1 atom stereocenters. The van der Waals surface area contributed by atoms with E-state index in [0.717, 1.165) is 18.2 Å². The summed E-state index contributed by atoms with van der Waals surface area (Å²) in [6.07, 6.45) is -2.11. The fraction of sp³-hybridized carbons (Fsp3) is 0.500. The van der Waals surface area contributed by atoms with E-state index in [1.165, 1.54) is 11.3 Å². The van der Waals surface area contributed by atoms with Crippen molar-refractivity contribution < 1.29 is 18.0 Å². The summed E-state index contributed by atoms with van der Waals surface area (Å²) in [6, 6.07) is 0. The number of aromatic nitrogens is 2. The van der Waals surface area contributed by atoms with E-state index in [-0.39, 0.29) is 11.8 Å². The van der Waals surface area contributed by atoms with Crippen LogP contribution in [0.15, 0.2) is 17.0 Å².